The van der Waals surface area contributed by atoms with Gasteiger partial charge in [0.25, 0.3) is 5.91 Å². The second-order valence-corrected chi connectivity index (χ2v) is 6.70. The molecule has 4 rings (SSSR count). The van der Waals surface area contributed by atoms with Crippen molar-refractivity contribution in [3.05, 3.63) is 54.1 Å². The second kappa shape index (κ2) is 6.75. The van der Waals surface area contributed by atoms with Gasteiger partial charge in [-0.2, -0.15) is 0 Å². The first kappa shape index (κ1) is 17.1. The number of esters is 1. The van der Waals surface area contributed by atoms with Gasteiger partial charge in [-0.25, -0.2) is 0 Å². The summed E-state index contributed by atoms with van der Waals surface area (Å²) >= 11 is 0. The van der Waals surface area contributed by atoms with E-state index in [9.17, 15) is 14.4 Å². The minimum Gasteiger partial charge on any atom is -0.427 e. The van der Waals surface area contributed by atoms with Crippen molar-refractivity contribution < 1.29 is 19.1 Å². The average molecular weight is 365 g/mol. The highest BCUT2D eigenvalue weighted by Crippen LogP contribution is 2.36. The Bertz CT molecular complexity index is 910. The summed E-state index contributed by atoms with van der Waals surface area (Å²) in [4.78, 5) is 37.9. The third kappa shape index (κ3) is 3.36. The van der Waals surface area contributed by atoms with Gasteiger partial charge in [-0.05, 0) is 42.8 Å². The fraction of sp³-hybridized carbons (Fsp3) is 0.250. The van der Waals surface area contributed by atoms with E-state index in [4.69, 9.17) is 4.74 Å². The highest BCUT2D eigenvalue weighted by Gasteiger charge is 2.41. The van der Waals surface area contributed by atoms with Crippen molar-refractivity contribution >= 4 is 29.2 Å². The van der Waals surface area contributed by atoms with Crippen molar-refractivity contribution in [3.8, 4) is 5.75 Å². The summed E-state index contributed by atoms with van der Waals surface area (Å²) in [6.45, 7) is 1.90. The van der Waals surface area contributed by atoms with Gasteiger partial charge >= 0.3 is 5.97 Å². The van der Waals surface area contributed by atoms with Crippen LogP contribution in [0.2, 0.25) is 0 Å². The van der Waals surface area contributed by atoms with E-state index in [2.05, 4.69) is 10.6 Å². The number of anilines is 2. The largest absolute Gasteiger partial charge is 0.427 e. The number of hydrogen-bond donors (Lipinski definition) is 2. The minimum absolute atomic E-state index is 0.0452. The fourth-order valence-corrected chi connectivity index (χ4v) is 3.61. The summed E-state index contributed by atoms with van der Waals surface area (Å²) in [5.74, 6) is -0.280. The third-order valence-electron chi connectivity index (χ3n) is 4.79. The number of amides is 2. The van der Waals surface area contributed by atoms with Crippen molar-refractivity contribution in [2.75, 3.05) is 16.8 Å². The van der Waals surface area contributed by atoms with Gasteiger partial charge in [0.15, 0.2) is 0 Å². The Hall–Kier alpha value is -3.35. The fourth-order valence-electron chi connectivity index (χ4n) is 3.61. The molecule has 0 aromatic heterocycles. The monoisotopic (exact) mass is 365 g/mol. The molecule has 0 aliphatic carbocycles. The molecule has 2 amide bonds. The number of para-hydroxylation sites is 2. The maximum atomic E-state index is 12.5. The standard InChI is InChI=1S/C20H19N3O4/c1-12(24)27-15-8-6-13(7-9-15)19(25)21-14-10-18-20(26)22-16-4-2-3-5-17(16)23(18)11-14/h2-9,14,18H,10-11H2,1H3,(H,21,25)(H,22,26). The van der Waals surface area contributed by atoms with Gasteiger partial charge in [0.05, 0.1) is 11.4 Å². The van der Waals surface area contributed by atoms with Crippen molar-refractivity contribution in [2.24, 2.45) is 0 Å². The minimum atomic E-state index is -0.409. The van der Waals surface area contributed by atoms with E-state index < -0.39 is 5.97 Å². The first-order valence-corrected chi connectivity index (χ1v) is 8.77. The zero-order chi connectivity index (χ0) is 19.0. The van der Waals surface area contributed by atoms with Gasteiger partial charge in [0, 0.05) is 25.1 Å². The van der Waals surface area contributed by atoms with Gasteiger partial charge in [-0.3, -0.25) is 14.4 Å². The van der Waals surface area contributed by atoms with Crippen LogP contribution in [0.25, 0.3) is 0 Å². The average Bonchev–Trinajstić information content (AvgIpc) is 3.06. The molecule has 7 nitrogen and oxygen atoms in total. The number of rotatable bonds is 3. The molecule has 138 valence electrons. The predicted molar refractivity (Wildman–Crippen MR) is 99.8 cm³/mol. The lowest BCUT2D eigenvalue weighted by molar-refractivity contribution is -0.131. The number of benzene rings is 2. The van der Waals surface area contributed by atoms with Crippen LogP contribution in [0.15, 0.2) is 48.5 Å². The van der Waals surface area contributed by atoms with Crippen LogP contribution >= 0.6 is 0 Å². The molecule has 0 spiro atoms. The van der Waals surface area contributed by atoms with Crippen molar-refractivity contribution in [3.63, 3.8) is 0 Å². The van der Waals surface area contributed by atoms with Crippen LogP contribution in [0.3, 0.4) is 0 Å². The lowest BCUT2D eigenvalue weighted by Gasteiger charge is -2.32. The molecule has 1 fully saturated rings. The quantitative estimate of drug-likeness (QED) is 0.641. The Balaban J connectivity index is 1.45. The van der Waals surface area contributed by atoms with E-state index in [0.717, 1.165) is 11.4 Å². The van der Waals surface area contributed by atoms with Crippen molar-refractivity contribution in [1.82, 2.24) is 5.32 Å². The van der Waals surface area contributed by atoms with Gasteiger partial charge < -0.3 is 20.3 Å². The molecule has 0 bridgehead atoms. The van der Waals surface area contributed by atoms with E-state index >= 15 is 0 Å². The number of fused-ring (bicyclic) bond motifs is 3. The van der Waals surface area contributed by atoms with Gasteiger partial charge in [-0.15, -0.1) is 0 Å². The molecule has 27 heavy (non-hydrogen) atoms. The Labute approximate surface area is 156 Å². The van der Waals surface area contributed by atoms with Crippen molar-refractivity contribution in [1.29, 1.82) is 0 Å². The van der Waals surface area contributed by atoms with Crippen LogP contribution in [0, 0.1) is 0 Å². The molecule has 0 saturated carbocycles. The summed E-state index contributed by atoms with van der Waals surface area (Å²) in [6, 6.07) is 13.6. The van der Waals surface area contributed by atoms with E-state index in [-0.39, 0.29) is 23.9 Å². The van der Waals surface area contributed by atoms with Crippen LogP contribution in [0.5, 0.6) is 5.75 Å². The van der Waals surface area contributed by atoms with Crippen LogP contribution in [-0.4, -0.2) is 36.4 Å². The number of nitrogens with zero attached hydrogens (tertiary/aromatic N) is 1. The first-order valence-electron chi connectivity index (χ1n) is 8.77. The zero-order valence-corrected chi connectivity index (χ0v) is 14.8. The Morgan fingerprint density at radius 2 is 1.89 bits per heavy atom. The smallest absolute Gasteiger partial charge is 0.308 e. The van der Waals surface area contributed by atoms with Gasteiger partial charge in [0.1, 0.15) is 11.8 Å². The van der Waals surface area contributed by atoms with E-state index in [1.807, 2.05) is 29.2 Å². The topological polar surface area (TPSA) is 87.7 Å². The summed E-state index contributed by atoms with van der Waals surface area (Å²) in [5.41, 5.74) is 2.25. The highest BCUT2D eigenvalue weighted by molar-refractivity contribution is 6.04. The number of ether oxygens (including phenoxy) is 1. The third-order valence-corrected chi connectivity index (χ3v) is 4.79. The maximum absolute atomic E-state index is 12.5. The molecule has 2 unspecified atom stereocenters. The molecular formula is C20H19N3O4. The molecule has 1 saturated heterocycles. The van der Waals surface area contributed by atoms with Crippen LogP contribution in [0.4, 0.5) is 11.4 Å². The van der Waals surface area contributed by atoms with Gasteiger partial charge in [0.2, 0.25) is 5.91 Å². The number of carbonyl (C=O) groups is 3. The Kier molecular flexibility index (Phi) is 4.27. The molecular weight excluding hydrogens is 346 g/mol. The molecule has 2 heterocycles. The molecule has 2 aromatic rings. The zero-order valence-electron chi connectivity index (χ0n) is 14.8. The van der Waals surface area contributed by atoms with Crippen LogP contribution in [0.1, 0.15) is 23.7 Å². The number of hydrogen-bond acceptors (Lipinski definition) is 5. The number of carbonyl (C=O) groups excluding carboxylic acids is 3. The Morgan fingerprint density at radius 1 is 1.15 bits per heavy atom. The highest BCUT2D eigenvalue weighted by atomic mass is 16.5. The summed E-state index contributed by atoms with van der Waals surface area (Å²) in [5, 5.41) is 5.92. The lowest BCUT2D eigenvalue weighted by atomic mass is 10.1. The summed E-state index contributed by atoms with van der Waals surface area (Å²) < 4.78 is 4.97. The molecule has 2 aromatic carbocycles. The summed E-state index contributed by atoms with van der Waals surface area (Å²) in [7, 11) is 0. The molecule has 7 heteroatoms. The lowest BCUT2D eigenvalue weighted by Crippen LogP contribution is -2.44. The van der Waals surface area contributed by atoms with E-state index in [0.29, 0.717) is 24.3 Å². The Morgan fingerprint density at radius 3 is 2.63 bits per heavy atom. The molecule has 0 radical (unpaired) electrons. The molecule has 2 atom stereocenters. The number of nitrogens with one attached hydrogen (secondary N) is 2. The van der Waals surface area contributed by atoms with Crippen molar-refractivity contribution in [2.45, 2.75) is 25.4 Å². The maximum Gasteiger partial charge on any atom is 0.308 e. The normalized spacial score (nSPS) is 20.3. The van der Waals surface area contributed by atoms with Crippen LogP contribution < -0.4 is 20.3 Å². The first-order chi connectivity index (χ1) is 13.0. The molecule has 2 aliphatic rings. The molecule has 2 aliphatic heterocycles. The van der Waals surface area contributed by atoms with Gasteiger partial charge in [-0.1, -0.05) is 12.1 Å². The predicted octanol–water partition coefficient (Wildman–Crippen LogP) is 1.94. The molecule has 2 N–H and O–H groups in total. The second-order valence-electron chi connectivity index (χ2n) is 6.70. The van der Waals surface area contributed by atoms with Crippen LogP contribution in [-0.2, 0) is 9.59 Å². The SMILES string of the molecule is CC(=O)Oc1ccc(C(=O)NC2CC3C(=O)Nc4ccccc4N3C2)cc1. The van der Waals surface area contributed by atoms with E-state index in [1.165, 1.54) is 6.92 Å². The van der Waals surface area contributed by atoms with E-state index in [1.54, 1.807) is 24.3 Å². The summed E-state index contributed by atoms with van der Waals surface area (Å²) in [6.07, 6.45) is 0.553.